The predicted octanol–water partition coefficient (Wildman–Crippen LogP) is 1.38. The van der Waals surface area contributed by atoms with Crippen LogP contribution in [0.3, 0.4) is 0 Å². The van der Waals surface area contributed by atoms with Crippen LogP contribution in [0.25, 0.3) is 0 Å². The molecule has 0 aliphatic heterocycles. The second-order valence-corrected chi connectivity index (χ2v) is 7.48. The van der Waals surface area contributed by atoms with Gasteiger partial charge in [-0.3, -0.25) is 9.36 Å². The van der Waals surface area contributed by atoms with E-state index in [1.165, 1.54) is 4.31 Å². The molecule has 2 aromatic rings. The molecule has 7 nitrogen and oxygen atoms in total. The van der Waals surface area contributed by atoms with Crippen LogP contribution in [0.1, 0.15) is 29.6 Å². The maximum atomic E-state index is 12.8. The number of aromatic nitrogens is 4. The van der Waals surface area contributed by atoms with E-state index < -0.39 is 10.0 Å². The molecule has 0 unspecified atom stereocenters. The number of aryl methyl sites for hydroxylation is 4. The second kappa shape index (κ2) is 5.85. The number of hydrogen-bond donors (Lipinski definition) is 0. The van der Waals surface area contributed by atoms with Gasteiger partial charge in [-0.25, -0.2) is 8.42 Å². The smallest absolute Gasteiger partial charge is 0.246 e. The van der Waals surface area contributed by atoms with Gasteiger partial charge in [-0.1, -0.05) is 0 Å². The Hall–Kier alpha value is -1.67. The van der Waals surface area contributed by atoms with E-state index in [4.69, 9.17) is 0 Å². The fourth-order valence-corrected chi connectivity index (χ4v) is 3.74. The van der Waals surface area contributed by atoms with Gasteiger partial charge in [0.15, 0.2) is 0 Å². The molecular formula is C14H23N5O2S. The molecule has 0 saturated heterocycles. The maximum absolute atomic E-state index is 12.8. The minimum absolute atomic E-state index is 0.260. The van der Waals surface area contributed by atoms with Crippen molar-refractivity contribution in [2.75, 3.05) is 7.05 Å². The summed E-state index contributed by atoms with van der Waals surface area (Å²) in [5.41, 5.74) is 3.28. The summed E-state index contributed by atoms with van der Waals surface area (Å²) in [5.74, 6) is 0. The first-order chi connectivity index (χ1) is 10.2. The molecule has 0 radical (unpaired) electrons. The summed E-state index contributed by atoms with van der Waals surface area (Å²) in [6, 6.07) is 0. The molecule has 0 aliphatic rings. The van der Waals surface area contributed by atoms with E-state index in [1.807, 2.05) is 27.8 Å². The molecule has 0 N–H and O–H groups in total. The summed E-state index contributed by atoms with van der Waals surface area (Å²) in [6.07, 6.45) is 1.59. The molecule has 8 heteroatoms. The SMILES string of the molecule is CCn1cc(S(=O)(=O)N(C)Cc2c(C)nn(C)c2C)c(C)n1. The van der Waals surface area contributed by atoms with Crippen molar-refractivity contribution in [1.29, 1.82) is 0 Å². The fraction of sp³-hybridized carbons (Fsp3) is 0.571. The first-order valence-electron chi connectivity index (χ1n) is 7.18. The first kappa shape index (κ1) is 16.7. The lowest BCUT2D eigenvalue weighted by Crippen LogP contribution is -2.27. The van der Waals surface area contributed by atoms with E-state index in [-0.39, 0.29) is 4.90 Å². The van der Waals surface area contributed by atoms with Gasteiger partial charge in [-0.2, -0.15) is 14.5 Å². The standard InChI is InChI=1S/C14H23N5O2S/c1-7-19-9-14(11(3)16-19)22(20,21)17(5)8-13-10(2)15-18(6)12(13)4/h9H,7-8H2,1-6H3. The molecular weight excluding hydrogens is 302 g/mol. The quantitative estimate of drug-likeness (QED) is 0.832. The highest BCUT2D eigenvalue weighted by Crippen LogP contribution is 2.22. The van der Waals surface area contributed by atoms with E-state index >= 15 is 0 Å². The highest BCUT2D eigenvalue weighted by atomic mass is 32.2. The van der Waals surface area contributed by atoms with E-state index in [0.29, 0.717) is 18.8 Å². The Labute approximate surface area is 131 Å². The third-order valence-corrected chi connectivity index (χ3v) is 5.86. The Morgan fingerprint density at radius 1 is 1.18 bits per heavy atom. The molecule has 22 heavy (non-hydrogen) atoms. The van der Waals surface area contributed by atoms with Gasteiger partial charge in [0.05, 0.1) is 11.4 Å². The largest absolute Gasteiger partial charge is 0.272 e. The summed E-state index contributed by atoms with van der Waals surface area (Å²) < 4.78 is 30.3. The fourth-order valence-electron chi connectivity index (χ4n) is 2.44. The van der Waals surface area contributed by atoms with E-state index in [9.17, 15) is 8.42 Å². The van der Waals surface area contributed by atoms with Crippen molar-refractivity contribution in [2.45, 2.75) is 45.7 Å². The van der Waals surface area contributed by atoms with Crippen LogP contribution in [0.15, 0.2) is 11.1 Å². The summed E-state index contributed by atoms with van der Waals surface area (Å²) in [5, 5.41) is 8.55. The van der Waals surface area contributed by atoms with Crippen molar-refractivity contribution in [3.8, 4) is 0 Å². The van der Waals surface area contributed by atoms with E-state index in [0.717, 1.165) is 17.0 Å². The lowest BCUT2D eigenvalue weighted by molar-refractivity contribution is 0.464. The van der Waals surface area contributed by atoms with Crippen LogP contribution in [0.4, 0.5) is 0 Å². The van der Waals surface area contributed by atoms with Crippen LogP contribution in [0, 0.1) is 20.8 Å². The average Bonchev–Trinajstić information content (AvgIpc) is 2.94. The van der Waals surface area contributed by atoms with Crippen LogP contribution in [-0.2, 0) is 30.2 Å². The van der Waals surface area contributed by atoms with Gasteiger partial charge in [-0.15, -0.1) is 0 Å². The lowest BCUT2D eigenvalue weighted by atomic mass is 10.2. The van der Waals surface area contributed by atoms with Gasteiger partial charge < -0.3 is 0 Å². The Morgan fingerprint density at radius 3 is 2.27 bits per heavy atom. The number of sulfonamides is 1. The highest BCUT2D eigenvalue weighted by molar-refractivity contribution is 7.89. The molecule has 0 bridgehead atoms. The molecule has 0 atom stereocenters. The minimum Gasteiger partial charge on any atom is -0.272 e. The molecule has 0 aliphatic carbocycles. The minimum atomic E-state index is -3.57. The Morgan fingerprint density at radius 2 is 1.82 bits per heavy atom. The van der Waals surface area contributed by atoms with Crippen molar-refractivity contribution in [2.24, 2.45) is 7.05 Å². The summed E-state index contributed by atoms with van der Waals surface area (Å²) >= 11 is 0. The molecule has 0 saturated carbocycles. The number of hydrogen-bond acceptors (Lipinski definition) is 4. The molecule has 2 heterocycles. The van der Waals surface area contributed by atoms with Crippen LogP contribution in [0.5, 0.6) is 0 Å². The molecule has 0 aromatic carbocycles. The second-order valence-electron chi connectivity index (χ2n) is 5.47. The summed E-state index contributed by atoms with van der Waals surface area (Å²) in [7, 11) is -0.124. The maximum Gasteiger partial charge on any atom is 0.246 e. The summed E-state index contributed by atoms with van der Waals surface area (Å²) in [4.78, 5) is 0.260. The molecule has 0 amide bonds. The van der Waals surface area contributed by atoms with Gasteiger partial charge in [0, 0.05) is 44.6 Å². The van der Waals surface area contributed by atoms with E-state index in [2.05, 4.69) is 10.2 Å². The molecule has 2 aromatic heterocycles. The zero-order valence-corrected chi connectivity index (χ0v) is 14.8. The third kappa shape index (κ3) is 2.80. The van der Waals surface area contributed by atoms with Crippen molar-refractivity contribution >= 4 is 10.0 Å². The molecule has 122 valence electrons. The third-order valence-electron chi connectivity index (χ3n) is 3.95. The lowest BCUT2D eigenvalue weighted by Gasteiger charge is -2.17. The Kier molecular flexibility index (Phi) is 4.44. The molecule has 2 rings (SSSR count). The Bertz CT molecular complexity index is 789. The van der Waals surface area contributed by atoms with Crippen LogP contribution >= 0.6 is 0 Å². The zero-order chi connectivity index (χ0) is 16.7. The number of nitrogens with zero attached hydrogens (tertiary/aromatic N) is 5. The van der Waals surface area contributed by atoms with Crippen LogP contribution < -0.4 is 0 Å². The van der Waals surface area contributed by atoms with Gasteiger partial charge in [0.1, 0.15) is 4.90 Å². The molecule has 0 spiro atoms. The Balaban J connectivity index is 2.35. The van der Waals surface area contributed by atoms with Gasteiger partial charge in [-0.05, 0) is 27.7 Å². The van der Waals surface area contributed by atoms with Crippen molar-refractivity contribution in [3.05, 3.63) is 28.8 Å². The van der Waals surface area contributed by atoms with Crippen molar-refractivity contribution in [1.82, 2.24) is 23.9 Å². The monoisotopic (exact) mass is 325 g/mol. The van der Waals surface area contributed by atoms with Crippen LogP contribution in [0.2, 0.25) is 0 Å². The van der Waals surface area contributed by atoms with E-state index in [1.54, 1.807) is 29.5 Å². The van der Waals surface area contributed by atoms with Gasteiger partial charge in [0.2, 0.25) is 10.0 Å². The zero-order valence-electron chi connectivity index (χ0n) is 14.0. The molecule has 0 fully saturated rings. The topological polar surface area (TPSA) is 73.0 Å². The van der Waals surface area contributed by atoms with Crippen molar-refractivity contribution < 1.29 is 8.42 Å². The number of rotatable bonds is 5. The van der Waals surface area contributed by atoms with Crippen LogP contribution in [-0.4, -0.2) is 39.3 Å². The van der Waals surface area contributed by atoms with Gasteiger partial charge >= 0.3 is 0 Å². The first-order valence-corrected chi connectivity index (χ1v) is 8.62. The highest BCUT2D eigenvalue weighted by Gasteiger charge is 2.26. The van der Waals surface area contributed by atoms with Gasteiger partial charge in [0.25, 0.3) is 0 Å². The predicted molar refractivity (Wildman–Crippen MR) is 84.0 cm³/mol. The average molecular weight is 325 g/mol. The van der Waals surface area contributed by atoms with Crippen molar-refractivity contribution in [3.63, 3.8) is 0 Å². The normalized spacial score (nSPS) is 12.3. The summed E-state index contributed by atoms with van der Waals surface area (Å²) in [6.45, 7) is 8.41.